The van der Waals surface area contributed by atoms with Crippen molar-refractivity contribution in [3.05, 3.63) is 70.6 Å². The summed E-state index contributed by atoms with van der Waals surface area (Å²) >= 11 is 5.91. The number of halogens is 3. The first kappa shape index (κ1) is 18.4. The predicted molar refractivity (Wildman–Crippen MR) is 100 cm³/mol. The van der Waals surface area contributed by atoms with E-state index in [4.69, 9.17) is 11.6 Å². The minimum atomic E-state index is -1.09. The zero-order valence-corrected chi connectivity index (χ0v) is 15.4. The number of imidazole rings is 1. The molecule has 5 nitrogen and oxygen atoms in total. The smallest absolute Gasteiger partial charge is 0.261 e. The molecule has 1 unspecified atom stereocenters. The van der Waals surface area contributed by atoms with Crippen LogP contribution in [0.15, 0.2) is 42.6 Å². The fourth-order valence-corrected chi connectivity index (χ4v) is 3.62. The van der Waals surface area contributed by atoms with Crippen LogP contribution in [0, 0.1) is 11.6 Å². The molecule has 1 aliphatic rings. The minimum Gasteiger partial charge on any atom is -0.507 e. The maximum Gasteiger partial charge on any atom is 0.261 e. The third kappa shape index (κ3) is 3.33. The number of benzene rings is 2. The normalized spacial score (nSPS) is 16.5. The van der Waals surface area contributed by atoms with Crippen molar-refractivity contribution in [1.29, 1.82) is 0 Å². The number of aromatic nitrogens is 2. The molecule has 144 valence electrons. The van der Waals surface area contributed by atoms with Crippen LogP contribution in [0.2, 0.25) is 5.02 Å². The number of aromatic amines is 1. The molecule has 0 saturated carbocycles. The lowest BCUT2D eigenvalue weighted by Gasteiger charge is -2.24. The first-order chi connectivity index (χ1) is 13.4. The molecule has 1 fully saturated rings. The number of carbonyl (C=O) groups is 1. The maximum atomic E-state index is 14.1. The largest absolute Gasteiger partial charge is 0.507 e. The molecular formula is C20H16ClF2N3O2. The molecule has 1 aromatic heterocycles. The second kappa shape index (κ2) is 7.24. The Morgan fingerprint density at radius 1 is 1.25 bits per heavy atom. The lowest BCUT2D eigenvalue weighted by molar-refractivity contribution is 0.0722. The number of aromatic hydroxyl groups is 1. The highest BCUT2D eigenvalue weighted by molar-refractivity contribution is 6.30. The molecular weight excluding hydrogens is 388 g/mol. The van der Waals surface area contributed by atoms with Crippen LogP contribution in [0.5, 0.6) is 5.75 Å². The summed E-state index contributed by atoms with van der Waals surface area (Å²) in [6.07, 6.45) is 3.01. The van der Waals surface area contributed by atoms with Crippen LogP contribution in [0.4, 0.5) is 8.78 Å². The number of phenolic OH excluding ortho intramolecular Hbond substituents is 1. The fourth-order valence-electron chi connectivity index (χ4n) is 3.49. The number of hydrogen-bond acceptors (Lipinski definition) is 3. The van der Waals surface area contributed by atoms with E-state index in [1.807, 2.05) is 12.1 Å². The van der Waals surface area contributed by atoms with Gasteiger partial charge < -0.3 is 15.0 Å². The van der Waals surface area contributed by atoms with Gasteiger partial charge in [-0.1, -0.05) is 23.7 Å². The molecule has 8 heteroatoms. The second-order valence-corrected chi connectivity index (χ2v) is 7.06. The fraction of sp³-hybridized carbons (Fsp3) is 0.200. The molecule has 0 bridgehead atoms. The van der Waals surface area contributed by atoms with Crippen molar-refractivity contribution in [2.24, 2.45) is 0 Å². The van der Waals surface area contributed by atoms with E-state index in [2.05, 4.69) is 9.97 Å². The molecule has 2 N–H and O–H groups in total. The third-order valence-corrected chi connectivity index (χ3v) is 5.08. The van der Waals surface area contributed by atoms with Crippen LogP contribution in [-0.2, 0) is 0 Å². The first-order valence-electron chi connectivity index (χ1n) is 8.74. The number of hydrogen-bond donors (Lipinski definition) is 2. The summed E-state index contributed by atoms with van der Waals surface area (Å²) in [5, 5.41) is 10.5. The number of likely N-dealkylation sites (tertiary alicyclic amines) is 1. The summed E-state index contributed by atoms with van der Waals surface area (Å²) in [5.74, 6) is -2.87. The van der Waals surface area contributed by atoms with Crippen LogP contribution in [0.3, 0.4) is 0 Å². The van der Waals surface area contributed by atoms with Crippen molar-refractivity contribution in [3.63, 3.8) is 0 Å². The molecule has 2 aromatic carbocycles. The molecule has 0 spiro atoms. The molecule has 1 atom stereocenters. The van der Waals surface area contributed by atoms with E-state index in [0.717, 1.165) is 17.3 Å². The average molecular weight is 404 g/mol. The van der Waals surface area contributed by atoms with Gasteiger partial charge in [0.15, 0.2) is 0 Å². The first-order valence-corrected chi connectivity index (χ1v) is 9.11. The lowest BCUT2D eigenvalue weighted by Crippen LogP contribution is -2.31. The van der Waals surface area contributed by atoms with Crippen molar-refractivity contribution >= 4 is 17.5 Å². The van der Waals surface area contributed by atoms with Crippen molar-refractivity contribution in [2.75, 3.05) is 6.54 Å². The lowest BCUT2D eigenvalue weighted by atomic mass is 10.1. The number of H-pyrrole nitrogens is 1. The highest BCUT2D eigenvalue weighted by atomic mass is 35.5. The standard InChI is InChI=1S/C20H16ClF2N3O2/c21-12-5-3-11(4-6-12)15-10-24-19(25-15)16-2-1-7-26(16)20(28)18-14(23)8-13(22)9-17(18)27/h3-6,8-10,16,27H,1-2,7H2,(H,24,25). The van der Waals surface area contributed by atoms with Crippen LogP contribution in [0.25, 0.3) is 11.3 Å². The van der Waals surface area contributed by atoms with Crippen molar-refractivity contribution in [1.82, 2.24) is 14.9 Å². The third-order valence-electron chi connectivity index (χ3n) is 4.83. The Morgan fingerprint density at radius 2 is 2.00 bits per heavy atom. The van der Waals surface area contributed by atoms with Crippen LogP contribution in [-0.4, -0.2) is 32.4 Å². The number of nitrogens with zero attached hydrogens (tertiary/aromatic N) is 2. The number of amides is 1. The highest BCUT2D eigenvalue weighted by Gasteiger charge is 2.35. The number of phenols is 1. The second-order valence-electron chi connectivity index (χ2n) is 6.63. The highest BCUT2D eigenvalue weighted by Crippen LogP contribution is 2.35. The Kier molecular flexibility index (Phi) is 4.77. The monoisotopic (exact) mass is 403 g/mol. The summed E-state index contributed by atoms with van der Waals surface area (Å²) in [6.45, 7) is 0.386. The SMILES string of the molecule is O=C(c1c(O)cc(F)cc1F)N1CCCC1c1ncc(-c2ccc(Cl)cc2)[nH]1. The predicted octanol–water partition coefficient (Wildman–Crippen LogP) is 4.69. The van der Waals surface area contributed by atoms with Crippen LogP contribution in [0.1, 0.15) is 35.1 Å². The van der Waals surface area contributed by atoms with E-state index in [-0.39, 0.29) is 0 Å². The molecule has 1 saturated heterocycles. The van der Waals surface area contributed by atoms with Gasteiger partial charge in [0.2, 0.25) is 0 Å². The Morgan fingerprint density at radius 3 is 2.71 bits per heavy atom. The quantitative estimate of drug-likeness (QED) is 0.666. The van der Waals surface area contributed by atoms with Gasteiger partial charge in [0.05, 0.1) is 17.9 Å². The molecule has 1 aliphatic heterocycles. The molecule has 1 amide bonds. The summed E-state index contributed by atoms with van der Waals surface area (Å²) in [6, 6.07) is 8.16. The van der Waals surface area contributed by atoms with E-state index in [1.54, 1.807) is 18.3 Å². The van der Waals surface area contributed by atoms with Gasteiger partial charge in [-0.05, 0) is 30.5 Å². The van der Waals surface area contributed by atoms with E-state index in [1.165, 1.54) is 4.90 Å². The Bertz CT molecular complexity index is 1010. The summed E-state index contributed by atoms with van der Waals surface area (Å²) < 4.78 is 27.4. The van der Waals surface area contributed by atoms with Crippen LogP contribution < -0.4 is 0 Å². The van der Waals surface area contributed by atoms with E-state index in [0.29, 0.717) is 36.3 Å². The molecule has 0 aliphatic carbocycles. The van der Waals surface area contributed by atoms with Gasteiger partial charge in [-0.2, -0.15) is 0 Å². The van der Waals surface area contributed by atoms with Gasteiger partial charge in [0.25, 0.3) is 5.91 Å². The Balaban J connectivity index is 1.63. The molecule has 2 heterocycles. The van der Waals surface area contributed by atoms with E-state index in [9.17, 15) is 18.7 Å². The van der Waals surface area contributed by atoms with Gasteiger partial charge in [-0.3, -0.25) is 4.79 Å². The van der Waals surface area contributed by atoms with E-state index < -0.39 is 34.9 Å². The van der Waals surface area contributed by atoms with Crippen molar-refractivity contribution < 1.29 is 18.7 Å². The average Bonchev–Trinajstić information content (AvgIpc) is 3.30. The Labute approximate surface area is 164 Å². The summed E-state index contributed by atoms with van der Waals surface area (Å²) in [5.41, 5.74) is 1.13. The number of rotatable bonds is 3. The van der Waals surface area contributed by atoms with E-state index >= 15 is 0 Å². The Hall–Kier alpha value is -2.93. The zero-order valence-electron chi connectivity index (χ0n) is 14.6. The maximum absolute atomic E-state index is 14.1. The molecule has 4 rings (SSSR count). The van der Waals surface area contributed by atoms with Crippen LogP contribution >= 0.6 is 11.6 Å². The van der Waals surface area contributed by atoms with Gasteiger partial charge in [0, 0.05) is 23.7 Å². The number of nitrogens with one attached hydrogen (secondary N) is 1. The summed E-state index contributed by atoms with van der Waals surface area (Å²) in [4.78, 5) is 21.9. The van der Waals surface area contributed by atoms with Crippen molar-refractivity contribution in [3.8, 4) is 17.0 Å². The summed E-state index contributed by atoms with van der Waals surface area (Å²) in [7, 11) is 0. The minimum absolute atomic E-state index is 0.386. The number of carbonyl (C=O) groups excluding carboxylic acids is 1. The van der Waals surface area contributed by atoms with Gasteiger partial charge in [-0.15, -0.1) is 0 Å². The topological polar surface area (TPSA) is 69.2 Å². The molecule has 3 aromatic rings. The molecule has 0 radical (unpaired) electrons. The van der Waals surface area contributed by atoms with Crippen molar-refractivity contribution in [2.45, 2.75) is 18.9 Å². The van der Waals surface area contributed by atoms with Gasteiger partial charge >= 0.3 is 0 Å². The molecule has 28 heavy (non-hydrogen) atoms. The zero-order chi connectivity index (χ0) is 19.8. The van der Waals surface area contributed by atoms with Gasteiger partial charge in [0.1, 0.15) is 28.8 Å². The van der Waals surface area contributed by atoms with Gasteiger partial charge in [-0.25, -0.2) is 13.8 Å².